The number of rotatable bonds is 3. The molecule has 0 aliphatic carbocycles. The van der Waals surface area contributed by atoms with Crippen LogP contribution in [-0.2, 0) is 4.74 Å². The quantitative estimate of drug-likeness (QED) is 0.856. The van der Waals surface area contributed by atoms with Crippen LogP contribution >= 0.6 is 0 Å². The summed E-state index contributed by atoms with van der Waals surface area (Å²) in [6.07, 6.45) is 1.62. The number of carbonyl (C=O) groups is 1. The van der Waals surface area contributed by atoms with Crippen molar-refractivity contribution in [1.82, 2.24) is 4.90 Å². The largest absolute Gasteiger partial charge is 0.491 e. The van der Waals surface area contributed by atoms with Crippen molar-refractivity contribution in [3.8, 4) is 17.2 Å². The van der Waals surface area contributed by atoms with Crippen LogP contribution in [0.5, 0.6) is 17.2 Å². The number of ether oxygens (including phenoxy) is 4. The summed E-state index contributed by atoms with van der Waals surface area (Å²) < 4.78 is 21.9. The first kappa shape index (κ1) is 15.8. The zero-order chi connectivity index (χ0) is 16.4. The van der Waals surface area contributed by atoms with E-state index in [1.807, 2.05) is 39.0 Å². The second-order valence-corrected chi connectivity index (χ2v) is 6.80. The molecule has 0 unspecified atom stereocenters. The Morgan fingerprint density at radius 3 is 2.87 bits per heavy atom. The number of hydrogen-bond acceptors (Lipinski definition) is 5. The molecular formula is C17H23NO5. The molecule has 0 bridgehead atoms. The normalized spacial score (nSPS) is 19.8. The van der Waals surface area contributed by atoms with Gasteiger partial charge >= 0.3 is 6.09 Å². The minimum absolute atomic E-state index is 0.0373. The first-order chi connectivity index (χ1) is 10.9. The van der Waals surface area contributed by atoms with Crippen molar-refractivity contribution in [2.24, 2.45) is 0 Å². The standard InChI is InChI=1S/C17H23NO5/c1-17(2,3)23-16(19)18-8-4-5-12(18)10-20-13-6-7-14-15(9-13)22-11-21-14/h6-7,9,12H,4-5,8,10-11H2,1-3H3/t12-/m1/s1. The molecular weight excluding hydrogens is 298 g/mol. The number of amides is 1. The van der Waals surface area contributed by atoms with E-state index in [0.717, 1.165) is 18.6 Å². The lowest BCUT2D eigenvalue weighted by molar-refractivity contribution is 0.0187. The predicted molar refractivity (Wildman–Crippen MR) is 84.0 cm³/mol. The van der Waals surface area contributed by atoms with E-state index in [1.165, 1.54) is 0 Å². The maximum absolute atomic E-state index is 12.2. The molecule has 0 spiro atoms. The van der Waals surface area contributed by atoms with Crippen molar-refractivity contribution in [3.05, 3.63) is 18.2 Å². The van der Waals surface area contributed by atoms with E-state index in [4.69, 9.17) is 18.9 Å². The third-order valence-electron chi connectivity index (χ3n) is 3.79. The van der Waals surface area contributed by atoms with Crippen LogP contribution in [0.2, 0.25) is 0 Å². The molecule has 1 atom stereocenters. The number of likely N-dealkylation sites (tertiary alicyclic amines) is 1. The molecule has 2 aliphatic rings. The second kappa shape index (κ2) is 6.18. The lowest BCUT2D eigenvalue weighted by Crippen LogP contribution is -2.42. The molecule has 1 aromatic rings. The average molecular weight is 321 g/mol. The fourth-order valence-electron chi connectivity index (χ4n) is 2.73. The summed E-state index contributed by atoms with van der Waals surface area (Å²) in [5.74, 6) is 2.14. The summed E-state index contributed by atoms with van der Waals surface area (Å²) in [4.78, 5) is 14.0. The molecule has 0 aromatic heterocycles. The van der Waals surface area contributed by atoms with Crippen molar-refractivity contribution in [2.75, 3.05) is 19.9 Å². The van der Waals surface area contributed by atoms with E-state index in [0.29, 0.717) is 24.7 Å². The summed E-state index contributed by atoms with van der Waals surface area (Å²) in [5, 5.41) is 0. The molecule has 23 heavy (non-hydrogen) atoms. The van der Waals surface area contributed by atoms with E-state index in [1.54, 1.807) is 4.90 Å². The third-order valence-corrected chi connectivity index (χ3v) is 3.79. The highest BCUT2D eigenvalue weighted by molar-refractivity contribution is 5.69. The number of benzene rings is 1. The maximum atomic E-state index is 12.2. The van der Waals surface area contributed by atoms with E-state index in [9.17, 15) is 4.79 Å². The Morgan fingerprint density at radius 2 is 2.09 bits per heavy atom. The van der Waals surface area contributed by atoms with Crippen LogP contribution in [0.3, 0.4) is 0 Å². The zero-order valence-electron chi connectivity index (χ0n) is 13.8. The summed E-state index contributed by atoms with van der Waals surface area (Å²) in [7, 11) is 0. The predicted octanol–water partition coefficient (Wildman–Crippen LogP) is 3.19. The fraction of sp³-hybridized carbons (Fsp3) is 0.588. The van der Waals surface area contributed by atoms with Gasteiger partial charge in [-0.25, -0.2) is 4.79 Å². The van der Waals surface area contributed by atoms with Crippen molar-refractivity contribution in [3.63, 3.8) is 0 Å². The van der Waals surface area contributed by atoms with Crippen LogP contribution in [0.1, 0.15) is 33.6 Å². The lowest BCUT2D eigenvalue weighted by Gasteiger charge is -2.28. The van der Waals surface area contributed by atoms with Crippen molar-refractivity contribution in [2.45, 2.75) is 45.3 Å². The van der Waals surface area contributed by atoms with Crippen LogP contribution in [-0.4, -0.2) is 42.6 Å². The van der Waals surface area contributed by atoms with Crippen LogP contribution < -0.4 is 14.2 Å². The van der Waals surface area contributed by atoms with Crippen molar-refractivity contribution < 1.29 is 23.7 Å². The molecule has 2 heterocycles. The van der Waals surface area contributed by atoms with Gasteiger partial charge in [0.15, 0.2) is 11.5 Å². The summed E-state index contributed by atoms with van der Waals surface area (Å²) >= 11 is 0. The molecule has 3 rings (SSSR count). The van der Waals surface area contributed by atoms with Gasteiger partial charge in [0.2, 0.25) is 6.79 Å². The molecule has 6 nitrogen and oxygen atoms in total. The summed E-state index contributed by atoms with van der Waals surface area (Å²) in [6, 6.07) is 5.53. The molecule has 0 N–H and O–H groups in total. The number of fused-ring (bicyclic) bond motifs is 1. The van der Waals surface area contributed by atoms with Gasteiger partial charge in [-0.05, 0) is 45.7 Å². The monoisotopic (exact) mass is 321 g/mol. The minimum atomic E-state index is -0.484. The first-order valence-electron chi connectivity index (χ1n) is 7.94. The highest BCUT2D eigenvalue weighted by Crippen LogP contribution is 2.35. The molecule has 1 aromatic carbocycles. The lowest BCUT2D eigenvalue weighted by atomic mass is 10.2. The van der Waals surface area contributed by atoms with Crippen LogP contribution in [0.15, 0.2) is 18.2 Å². The SMILES string of the molecule is CC(C)(C)OC(=O)N1CCC[C@@H]1COc1ccc2c(c1)OCO2. The molecule has 126 valence electrons. The Labute approximate surface area is 136 Å². The van der Waals surface area contributed by atoms with E-state index in [-0.39, 0.29) is 18.9 Å². The smallest absolute Gasteiger partial charge is 0.410 e. The van der Waals surface area contributed by atoms with Crippen LogP contribution in [0.25, 0.3) is 0 Å². The topological polar surface area (TPSA) is 57.2 Å². The number of nitrogens with zero attached hydrogens (tertiary/aromatic N) is 1. The highest BCUT2D eigenvalue weighted by Gasteiger charge is 2.32. The van der Waals surface area contributed by atoms with Gasteiger partial charge in [0.1, 0.15) is 18.0 Å². The third kappa shape index (κ3) is 3.81. The average Bonchev–Trinajstić information content (AvgIpc) is 3.11. The number of hydrogen-bond donors (Lipinski definition) is 0. The van der Waals surface area contributed by atoms with Gasteiger partial charge in [-0.2, -0.15) is 0 Å². The van der Waals surface area contributed by atoms with Crippen LogP contribution in [0.4, 0.5) is 4.79 Å². The Balaban J connectivity index is 1.57. The molecule has 0 saturated carbocycles. The van der Waals surface area contributed by atoms with E-state index < -0.39 is 5.60 Å². The first-order valence-corrected chi connectivity index (χ1v) is 7.94. The Morgan fingerprint density at radius 1 is 1.30 bits per heavy atom. The van der Waals surface area contributed by atoms with Gasteiger partial charge in [0, 0.05) is 12.6 Å². The van der Waals surface area contributed by atoms with Gasteiger partial charge in [0.05, 0.1) is 6.04 Å². The second-order valence-electron chi connectivity index (χ2n) is 6.80. The van der Waals surface area contributed by atoms with Crippen molar-refractivity contribution in [1.29, 1.82) is 0 Å². The maximum Gasteiger partial charge on any atom is 0.410 e. The molecule has 1 fully saturated rings. The molecule has 2 aliphatic heterocycles. The molecule has 1 saturated heterocycles. The zero-order valence-corrected chi connectivity index (χ0v) is 13.8. The highest BCUT2D eigenvalue weighted by atomic mass is 16.7. The number of carbonyl (C=O) groups excluding carboxylic acids is 1. The minimum Gasteiger partial charge on any atom is -0.491 e. The van der Waals surface area contributed by atoms with Gasteiger partial charge in [-0.3, -0.25) is 0 Å². The van der Waals surface area contributed by atoms with Gasteiger partial charge in [-0.15, -0.1) is 0 Å². The molecule has 6 heteroatoms. The van der Waals surface area contributed by atoms with Gasteiger partial charge in [0.25, 0.3) is 0 Å². The van der Waals surface area contributed by atoms with Gasteiger partial charge in [-0.1, -0.05) is 0 Å². The Hall–Kier alpha value is -2.11. The molecule has 1 amide bonds. The summed E-state index contributed by atoms with van der Waals surface area (Å²) in [5.41, 5.74) is -0.484. The molecule has 0 radical (unpaired) electrons. The Kier molecular flexibility index (Phi) is 4.24. The van der Waals surface area contributed by atoms with Gasteiger partial charge < -0.3 is 23.8 Å². The van der Waals surface area contributed by atoms with Crippen molar-refractivity contribution >= 4 is 6.09 Å². The summed E-state index contributed by atoms with van der Waals surface area (Å²) in [6.45, 7) is 7.02. The van der Waals surface area contributed by atoms with E-state index in [2.05, 4.69) is 0 Å². The fourth-order valence-corrected chi connectivity index (χ4v) is 2.73. The van der Waals surface area contributed by atoms with Crippen LogP contribution in [0, 0.1) is 0 Å². The van der Waals surface area contributed by atoms with E-state index >= 15 is 0 Å². The Bertz CT molecular complexity index is 581.